The van der Waals surface area contributed by atoms with Crippen LogP contribution < -0.4 is 16.0 Å². The van der Waals surface area contributed by atoms with E-state index in [4.69, 9.17) is 10.5 Å². The van der Waals surface area contributed by atoms with Crippen molar-refractivity contribution >= 4 is 29.2 Å². The second-order valence-electron chi connectivity index (χ2n) is 12.1. The Bertz CT molecular complexity index is 1070. The van der Waals surface area contributed by atoms with Crippen molar-refractivity contribution in [1.29, 1.82) is 0 Å². The van der Waals surface area contributed by atoms with Gasteiger partial charge in [-0.05, 0) is 61.8 Å². The van der Waals surface area contributed by atoms with Gasteiger partial charge in [0.05, 0.1) is 31.8 Å². The van der Waals surface area contributed by atoms with Gasteiger partial charge in [-0.1, -0.05) is 27.7 Å². The summed E-state index contributed by atoms with van der Waals surface area (Å²) < 4.78 is 5.41. The van der Waals surface area contributed by atoms with Gasteiger partial charge in [0.25, 0.3) is 5.91 Å². The molecule has 10 nitrogen and oxygen atoms in total. The standard InChI is InChI=1S/C30H45N5O5/c1-19(2)5-10-23(31)29(38)35-18-26(36)27-25(35)11-12-34(27)30(39)24(17-20(3)4)32-28(37)21-6-8-22(9-7-21)33-13-15-40-16-14-33/h6-9,19-20,23-25,27H,5,10-18,31H2,1-4H3,(H,32,37). The molecule has 4 rings (SSSR count). The van der Waals surface area contributed by atoms with Crippen LogP contribution in [0.1, 0.15) is 63.7 Å². The molecule has 0 aliphatic carbocycles. The summed E-state index contributed by atoms with van der Waals surface area (Å²) in [5.74, 6) is -0.382. The van der Waals surface area contributed by atoms with Gasteiger partial charge in [0.1, 0.15) is 12.1 Å². The largest absolute Gasteiger partial charge is 0.378 e. The first-order chi connectivity index (χ1) is 19.1. The molecule has 1 aromatic carbocycles. The number of ketones is 1. The van der Waals surface area contributed by atoms with Crippen LogP contribution in [-0.2, 0) is 19.1 Å². The summed E-state index contributed by atoms with van der Waals surface area (Å²) in [6.45, 7) is 11.5. The van der Waals surface area contributed by atoms with E-state index in [0.717, 1.165) is 25.2 Å². The minimum Gasteiger partial charge on any atom is -0.378 e. The maximum Gasteiger partial charge on any atom is 0.251 e. The molecular weight excluding hydrogens is 510 g/mol. The topological polar surface area (TPSA) is 125 Å². The zero-order valence-corrected chi connectivity index (χ0v) is 24.3. The molecule has 3 aliphatic rings. The van der Waals surface area contributed by atoms with Crippen LogP contribution >= 0.6 is 0 Å². The number of morpholine rings is 1. The van der Waals surface area contributed by atoms with Crippen molar-refractivity contribution in [2.24, 2.45) is 17.6 Å². The van der Waals surface area contributed by atoms with E-state index in [1.54, 1.807) is 21.9 Å². The lowest BCUT2D eigenvalue weighted by atomic mass is 10.0. The van der Waals surface area contributed by atoms with Crippen molar-refractivity contribution in [3.8, 4) is 0 Å². The average molecular weight is 556 g/mol. The molecular formula is C30H45N5O5. The predicted molar refractivity (Wildman–Crippen MR) is 153 cm³/mol. The van der Waals surface area contributed by atoms with Gasteiger partial charge in [-0.2, -0.15) is 0 Å². The fourth-order valence-electron chi connectivity index (χ4n) is 5.99. The van der Waals surface area contributed by atoms with Gasteiger partial charge in [0.15, 0.2) is 5.78 Å². The molecule has 3 N–H and O–H groups in total. The van der Waals surface area contributed by atoms with Gasteiger partial charge in [0, 0.05) is 30.9 Å². The molecule has 3 fully saturated rings. The molecule has 220 valence electrons. The summed E-state index contributed by atoms with van der Waals surface area (Å²) in [6.07, 6.45) is 2.37. The number of hydrogen-bond acceptors (Lipinski definition) is 7. The maximum absolute atomic E-state index is 13.8. The monoisotopic (exact) mass is 555 g/mol. The molecule has 0 spiro atoms. The Hall–Kier alpha value is -2.98. The number of nitrogens with zero attached hydrogens (tertiary/aromatic N) is 3. The Morgan fingerprint density at radius 3 is 2.25 bits per heavy atom. The van der Waals surface area contributed by atoms with Crippen LogP contribution in [0.2, 0.25) is 0 Å². The molecule has 4 unspecified atom stereocenters. The van der Waals surface area contributed by atoms with Gasteiger partial charge >= 0.3 is 0 Å². The Morgan fingerprint density at radius 1 is 0.950 bits per heavy atom. The maximum atomic E-state index is 13.8. The third kappa shape index (κ3) is 6.83. The van der Waals surface area contributed by atoms with Crippen molar-refractivity contribution in [3.05, 3.63) is 29.8 Å². The summed E-state index contributed by atoms with van der Waals surface area (Å²) in [4.78, 5) is 58.6. The fraction of sp³-hybridized carbons (Fsp3) is 0.667. The molecule has 1 aromatic rings. The first-order valence-electron chi connectivity index (χ1n) is 14.7. The number of likely N-dealkylation sites (tertiary alicyclic amines) is 2. The molecule has 3 amide bonds. The number of fused-ring (bicyclic) bond motifs is 1. The number of nitrogens with one attached hydrogen (secondary N) is 1. The summed E-state index contributed by atoms with van der Waals surface area (Å²) in [5.41, 5.74) is 7.70. The van der Waals surface area contributed by atoms with E-state index in [-0.39, 0.29) is 42.0 Å². The number of amides is 3. The first-order valence-corrected chi connectivity index (χ1v) is 14.7. The van der Waals surface area contributed by atoms with E-state index in [1.165, 1.54) is 0 Å². The zero-order chi connectivity index (χ0) is 29.0. The SMILES string of the molecule is CC(C)CCC(N)C(=O)N1CC(=O)C2C1CCN2C(=O)C(CC(C)C)NC(=O)c1ccc(N2CCOCC2)cc1. The smallest absolute Gasteiger partial charge is 0.251 e. The molecule has 10 heteroatoms. The van der Waals surface area contributed by atoms with E-state index in [1.807, 2.05) is 26.0 Å². The van der Waals surface area contributed by atoms with Crippen molar-refractivity contribution < 1.29 is 23.9 Å². The number of benzene rings is 1. The molecule has 0 radical (unpaired) electrons. The number of carbonyl (C=O) groups is 4. The molecule has 3 aliphatic heterocycles. The minimum atomic E-state index is -0.768. The first kappa shape index (κ1) is 30.0. The summed E-state index contributed by atoms with van der Waals surface area (Å²) in [7, 11) is 0. The Balaban J connectivity index is 1.42. The highest BCUT2D eigenvalue weighted by Crippen LogP contribution is 2.31. The zero-order valence-electron chi connectivity index (χ0n) is 24.3. The van der Waals surface area contributed by atoms with Gasteiger partial charge in [0.2, 0.25) is 11.8 Å². The molecule has 0 aromatic heterocycles. The van der Waals surface area contributed by atoms with Crippen LogP contribution in [0.5, 0.6) is 0 Å². The quantitative estimate of drug-likeness (QED) is 0.451. The van der Waals surface area contributed by atoms with E-state index >= 15 is 0 Å². The number of rotatable bonds is 10. The molecule has 0 bridgehead atoms. The lowest BCUT2D eigenvalue weighted by Crippen LogP contribution is -2.53. The van der Waals surface area contributed by atoms with E-state index in [0.29, 0.717) is 50.5 Å². The normalized spacial score (nSPS) is 22.6. The summed E-state index contributed by atoms with van der Waals surface area (Å²) in [6, 6.07) is 4.91. The highest BCUT2D eigenvalue weighted by atomic mass is 16.5. The van der Waals surface area contributed by atoms with Crippen molar-refractivity contribution in [1.82, 2.24) is 15.1 Å². The number of ether oxygens (including phenoxy) is 1. The van der Waals surface area contributed by atoms with Gasteiger partial charge in [-0.3, -0.25) is 19.2 Å². The number of carbonyl (C=O) groups excluding carboxylic acids is 4. The second kappa shape index (κ2) is 13.1. The van der Waals surface area contributed by atoms with Crippen LogP contribution in [0, 0.1) is 11.8 Å². The van der Waals surface area contributed by atoms with Crippen LogP contribution in [0.15, 0.2) is 24.3 Å². The Morgan fingerprint density at radius 2 is 1.62 bits per heavy atom. The van der Waals surface area contributed by atoms with E-state index in [2.05, 4.69) is 24.1 Å². The van der Waals surface area contributed by atoms with Crippen molar-refractivity contribution in [2.45, 2.75) is 77.5 Å². The van der Waals surface area contributed by atoms with Crippen LogP contribution in [-0.4, -0.2) is 96.9 Å². The molecule has 0 saturated carbocycles. The van der Waals surface area contributed by atoms with E-state index < -0.39 is 18.1 Å². The third-order valence-electron chi connectivity index (χ3n) is 8.18. The third-order valence-corrected chi connectivity index (χ3v) is 8.18. The molecule has 4 atom stereocenters. The summed E-state index contributed by atoms with van der Waals surface area (Å²) in [5, 5.41) is 2.94. The lowest BCUT2D eigenvalue weighted by Gasteiger charge is -2.30. The number of Topliss-reactive ketones (excluding diaryl/α,β-unsaturated/α-hetero) is 1. The average Bonchev–Trinajstić information content (AvgIpc) is 3.52. The highest BCUT2D eigenvalue weighted by molar-refractivity contribution is 6.01. The Labute approximate surface area is 237 Å². The van der Waals surface area contributed by atoms with Gasteiger partial charge < -0.3 is 30.5 Å². The van der Waals surface area contributed by atoms with E-state index in [9.17, 15) is 19.2 Å². The molecule has 40 heavy (non-hydrogen) atoms. The number of hydrogen-bond donors (Lipinski definition) is 2. The highest BCUT2D eigenvalue weighted by Gasteiger charge is 2.52. The second-order valence-corrected chi connectivity index (χ2v) is 12.1. The predicted octanol–water partition coefficient (Wildman–Crippen LogP) is 1.81. The van der Waals surface area contributed by atoms with Gasteiger partial charge in [-0.15, -0.1) is 0 Å². The summed E-state index contributed by atoms with van der Waals surface area (Å²) >= 11 is 0. The molecule has 3 heterocycles. The minimum absolute atomic E-state index is 0.0238. The van der Waals surface area contributed by atoms with Gasteiger partial charge in [-0.25, -0.2) is 0 Å². The van der Waals surface area contributed by atoms with Crippen LogP contribution in [0.4, 0.5) is 5.69 Å². The Kier molecular flexibility index (Phi) is 9.84. The van der Waals surface area contributed by atoms with Crippen LogP contribution in [0.25, 0.3) is 0 Å². The van der Waals surface area contributed by atoms with Crippen LogP contribution in [0.3, 0.4) is 0 Å². The fourth-order valence-corrected chi connectivity index (χ4v) is 5.99. The lowest BCUT2D eigenvalue weighted by molar-refractivity contribution is -0.138. The van der Waals surface area contributed by atoms with Crippen molar-refractivity contribution in [2.75, 3.05) is 44.3 Å². The number of nitrogens with two attached hydrogens (primary N) is 1. The van der Waals surface area contributed by atoms with Crippen molar-refractivity contribution in [3.63, 3.8) is 0 Å². The molecule has 3 saturated heterocycles. The number of anilines is 1.